The van der Waals surface area contributed by atoms with E-state index in [1.54, 1.807) is 36.2 Å². The van der Waals surface area contributed by atoms with Gasteiger partial charge in [0.2, 0.25) is 15.9 Å². The van der Waals surface area contributed by atoms with Gasteiger partial charge in [-0.2, -0.15) is 11.8 Å². The summed E-state index contributed by atoms with van der Waals surface area (Å²) in [6.45, 7) is 1.97. The Morgan fingerprint density at radius 3 is 2.73 bits per heavy atom. The highest BCUT2D eigenvalue weighted by atomic mass is 35.5. The van der Waals surface area contributed by atoms with Gasteiger partial charge in [0.15, 0.2) is 0 Å². The first-order valence-corrected chi connectivity index (χ1v) is 11.3. The number of benzene rings is 1. The van der Waals surface area contributed by atoms with Crippen LogP contribution in [0, 0.1) is 6.92 Å². The van der Waals surface area contributed by atoms with E-state index in [2.05, 4.69) is 5.32 Å². The van der Waals surface area contributed by atoms with Gasteiger partial charge in [0.25, 0.3) is 0 Å². The van der Waals surface area contributed by atoms with Crippen molar-refractivity contribution in [2.24, 2.45) is 0 Å². The summed E-state index contributed by atoms with van der Waals surface area (Å²) in [5.74, 6) is 1.92. The summed E-state index contributed by atoms with van der Waals surface area (Å²) in [7, 11) is -3.61. The molecule has 0 aliphatic carbocycles. The molecule has 26 heavy (non-hydrogen) atoms. The van der Waals surface area contributed by atoms with Crippen molar-refractivity contribution in [3.63, 3.8) is 0 Å². The van der Waals surface area contributed by atoms with E-state index in [1.807, 2.05) is 19.1 Å². The van der Waals surface area contributed by atoms with E-state index in [9.17, 15) is 13.2 Å². The minimum absolute atomic E-state index is 0.291. The van der Waals surface area contributed by atoms with Gasteiger partial charge < -0.3 is 9.73 Å². The van der Waals surface area contributed by atoms with E-state index < -0.39 is 10.0 Å². The minimum atomic E-state index is -3.61. The van der Waals surface area contributed by atoms with E-state index in [4.69, 9.17) is 16.0 Å². The summed E-state index contributed by atoms with van der Waals surface area (Å²) in [5.41, 5.74) is 1.20. The van der Waals surface area contributed by atoms with E-state index in [0.717, 1.165) is 27.6 Å². The molecule has 0 radical (unpaired) electrons. The zero-order valence-corrected chi connectivity index (χ0v) is 17.0. The number of hydrogen-bond acceptors (Lipinski definition) is 5. The van der Waals surface area contributed by atoms with Crippen molar-refractivity contribution in [1.29, 1.82) is 0 Å². The van der Waals surface area contributed by atoms with Gasteiger partial charge in [-0.25, -0.2) is 8.42 Å². The van der Waals surface area contributed by atoms with Crippen LogP contribution in [0.2, 0.25) is 5.02 Å². The lowest BCUT2D eigenvalue weighted by Crippen LogP contribution is -2.41. The van der Waals surface area contributed by atoms with Crippen LogP contribution in [0.15, 0.2) is 41.0 Å². The predicted molar refractivity (Wildman–Crippen MR) is 106 cm³/mol. The second-order valence-electron chi connectivity index (χ2n) is 5.69. The fourth-order valence-electron chi connectivity index (χ4n) is 2.15. The third kappa shape index (κ3) is 6.26. The van der Waals surface area contributed by atoms with Crippen LogP contribution < -0.4 is 9.62 Å². The highest BCUT2D eigenvalue weighted by molar-refractivity contribution is 7.98. The third-order valence-electron chi connectivity index (χ3n) is 3.52. The van der Waals surface area contributed by atoms with E-state index in [0.29, 0.717) is 23.0 Å². The first-order valence-electron chi connectivity index (χ1n) is 7.88. The number of carbonyl (C=O) groups is 1. The van der Waals surface area contributed by atoms with E-state index >= 15 is 0 Å². The molecule has 0 aliphatic heterocycles. The number of amides is 1. The number of nitrogens with zero attached hydrogens (tertiary/aromatic N) is 1. The topological polar surface area (TPSA) is 79.6 Å². The number of furan rings is 1. The summed E-state index contributed by atoms with van der Waals surface area (Å²) in [4.78, 5) is 12.1. The third-order valence-corrected chi connectivity index (χ3v) is 6.05. The normalized spacial score (nSPS) is 11.3. The molecule has 0 aliphatic rings. The van der Waals surface area contributed by atoms with Gasteiger partial charge in [-0.15, -0.1) is 0 Å². The molecule has 142 valence electrons. The number of halogens is 1. The number of thioether (sulfide) groups is 1. The summed E-state index contributed by atoms with van der Waals surface area (Å²) in [6.07, 6.45) is 2.68. The fourth-order valence-corrected chi connectivity index (χ4v) is 3.93. The van der Waals surface area contributed by atoms with Gasteiger partial charge in [-0.1, -0.05) is 17.7 Å². The molecule has 1 N–H and O–H groups in total. The molecule has 0 saturated heterocycles. The van der Waals surface area contributed by atoms with Gasteiger partial charge in [-0.3, -0.25) is 9.10 Å². The molecule has 0 spiro atoms. The van der Waals surface area contributed by atoms with Crippen molar-refractivity contribution >= 4 is 45.0 Å². The van der Waals surface area contributed by atoms with Gasteiger partial charge in [0, 0.05) is 17.3 Å². The quantitative estimate of drug-likeness (QED) is 0.635. The SMILES string of the molecule is Cc1ccc(N(CC(=O)NCCSCc2ccco2)S(C)(=O)=O)cc1Cl. The molecule has 0 atom stereocenters. The summed E-state index contributed by atoms with van der Waals surface area (Å²) in [5, 5.41) is 3.18. The van der Waals surface area contributed by atoms with Crippen LogP contribution >= 0.6 is 23.4 Å². The Hall–Kier alpha value is -1.64. The number of hydrogen-bond donors (Lipinski definition) is 1. The number of carbonyl (C=O) groups excluding carboxylic acids is 1. The van der Waals surface area contributed by atoms with Crippen LogP contribution in [-0.4, -0.2) is 39.4 Å². The average molecular weight is 417 g/mol. The predicted octanol–water partition coefficient (Wildman–Crippen LogP) is 3.06. The molecule has 1 amide bonds. The molecule has 0 bridgehead atoms. The molecule has 2 rings (SSSR count). The average Bonchev–Trinajstić information content (AvgIpc) is 3.07. The Morgan fingerprint density at radius 1 is 1.35 bits per heavy atom. The first kappa shape index (κ1) is 20.7. The van der Waals surface area contributed by atoms with Crippen molar-refractivity contribution in [2.75, 3.05) is 29.4 Å². The number of anilines is 1. The van der Waals surface area contributed by atoms with Gasteiger partial charge in [0.1, 0.15) is 12.3 Å². The molecule has 6 nitrogen and oxygen atoms in total. The largest absolute Gasteiger partial charge is 0.468 e. The summed E-state index contributed by atoms with van der Waals surface area (Å²) in [6, 6.07) is 8.62. The molecule has 0 fully saturated rings. The lowest BCUT2D eigenvalue weighted by Gasteiger charge is -2.22. The molecule has 1 aromatic heterocycles. The second-order valence-corrected chi connectivity index (χ2v) is 9.10. The maximum Gasteiger partial charge on any atom is 0.240 e. The maximum absolute atomic E-state index is 12.1. The van der Waals surface area contributed by atoms with Crippen LogP contribution in [0.5, 0.6) is 0 Å². The zero-order chi connectivity index (χ0) is 19.2. The van der Waals surface area contributed by atoms with Crippen molar-refractivity contribution in [3.05, 3.63) is 52.9 Å². The Labute approximate surface area is 162 Å². The molecular weight excluding hydrogens is 396 g/mol. The Balaban J connectivity index is 1.87. The molecule has 9 heteroatoms. The first-order chi connectivity index (χ1) is 12.3. The van der Waals surface area contributed by atoms with E-state index in [-0.39, 0.29) is 12.5 Å². The number of aryl methyl sites for hydroxylation is 1. The number of sulfonamides is 1. The van der Waals surface area contributed by atoms with E-state index in [1.165, 1.54) is 0 Å². The van der Waals surface area contributed by atoms with Crippen LogP contribution in [0.4, 0.5) is 5.69 Å². The van der Waals surface area contributed by atoms with Gasteiger partial charge in [0.05, 0.1) is 24.0 Å². The Bertz CT molecular complexity index is 838. The van der Waals surface area contributed by atoms with Crippen LogP contribution in [0.25, 0.3) is 0 Å². The van der Waals surface area contributed by atoms with Crippen molar-refractivity contribution in [3.8, 4) is 0 Å². The highest BCUT2D eigenvalue weighted by Crippen LogP contribution is 2.24. The molecule has 0 unspecified atom stereocenters. The molecule has 1 aromatic carbocycles. The Kier molecular flexibility index (Phi) is 7.43. The lowest BCUT2D eigenvalue weighted by molar-refractivity contribution is -0.119. The summed E-state index contributed by atoms with van der Waals surface area (Å²) < 4.78 is 30.4. The Morgan fingerprint density at radius 2 is 2.12 bits per heavy atom. The van der Waals surface area contributed by atoms with Crippen LogP contribution in [0.3, 0.4) is 0 Å². The zero-order valence-electron chi connectivity index (χ0n) is 14.6. The fraction of sp³-hybridized carbons (Fsp3) is 0.353. The smallest absolute Gasteiger partial charge is 0.240 e. The second kappa shape index (κ2) is 9.34. The highest BCUT2D eigenvalue weighted by Gasteiger charge is 2.21. The van der Waals surface area contributed by atoms with Crippen molar-refractivity contribution < 1.29 is 17.6 Å². The molecular formula is C17H21ClN2O4S2. The number of nitrogens with one attached hydrogen (secondary N) is 1. The van der Waals surface area contributed by atoms with Crippen LogP contribution in [-0.2, 0) is 20.6 Å². The van der Waals surface area contributed by atoms with Gasteiger partial charge >= 0.3 is 0 Å². The molecule has 1 heterocycles. The van der Waals surface area contributed by atoms with Gasteiger partial charge in [-0.05, 0) is 36.8 Å². The minimum Gasteiger partial charge on any atom is -0.468 e. The van der Waals surface area contributed by atoms with Crippen molar-refractivity contribution in [1.82, 2.24) is 5.32 Å². The summed E-state index contributed by atoms with van der Waals surface area (Å²) >= 11 is 7.69. The maximum atomic E-state index is 12.1. The molecule has 2 aromatic rings. The molecule has 0 saturated carbocycles. The monoisotopic (exact) mass is 416 g/mol. The lowest BCUT2D eigenvalue weighted by atomic mass is 10.2. The van der Waals surface area contributed by atoms with Crippen molar-refractivity contribution in [2.45, 2.75) is 12.7 Å². The number of rotatable bonds is 9. The van der Waals surface area contributed by atoms with Crippen LogP contribution in [0.1, 0.15) is 11.3 Å². The standard InChI is InChI=1S/C17H21ClN2O4S2/c1-13-5-6-14(10-16(13)18)20(26(2,22)23)11-17(21)19-7-9-25-12-15-4-3-8-24-15/h3-6,8,10H,7,9,11-12H2,1-2H3,(H,19,21).